The Morgan fingerprint density at radius 1 is 1.33 bits per heavy atom. The molecule has 2 rings (SSSR count). The van der Waals surface area contributed by atoms with Gasteiger partial charge in [0.2, 0.25) is 5.82 Å². The fourth-order valence-corrected chi connectivity index (χ4v) is 2.16. The van der Waals surface area contributed by atoms with Gasteiger partial charge in [0.05, 0.1) is 12.5 Å². The van der Waals surface area contributed by atoms with Crippen LogP contribution >= 0.6 is 0 Å². The van der Waals surface area contributed by atoms with Crippen molar-refractivity contribution in [2.75, 3.05) is 6.61 Å². The van der Waals surface area contributed by atoms with Crippen molar-refractivity contribution >= 4 is 0 Å². The fraction of sp³-hybridized carbons (Fsp3) is 0.438. The molecule has 0 fully saturated rings. The van der Waals surface area contributed by atoms with Crippen molar-refractivity contribution in [1.29, 1.82) is 5.26 Å². The van der Waals surface area contributed by atoms with Crippen LogP contribution in [0.3, 0.4) is 0 Å². The molecule has 0 aliphatic heterocycles. The Bertz CT molecular complexity index is 645. The van der Waals surface area contributed by atoms with Crippen LogP contribution in [0.5, 0.6) is 0 Å². The first-order valence-corrected chi connectivity index (χ1v) is 7.08. The van der Waals surface area contributed by atoms with E-state index in [-0.39, 0.29) is 0 Å². The number of hydrogen-bond donors (Lipinski definition) is 0. The van der Waals surface area contributed by atoms with Crippen LogP contribution in [0.15, 0.2) is 28.8 Å². The monoisotopic (exact) mass is 285 g/mol. The van der Waals surface area contributed by atoms with Crippen LogP contribution < -0.4 is 0 Å². The van der Waals surface area contributed by atoms with Crippen molar-refractivity contribution in [2.24, 2.45) is 0 Å². The zero-order chi connectivity index (χ0) is 15.3. The van der Waals surface area contributed by atoms with Gasteiger partial charge in [0.25, 0.3) is 5.89 Å². The van der Waals surface area contributed by atoms with Gasteiger partial charge in [-0.25, -0.2) is 0 Å². The normalized spacial score (nSPS) is 13.6. The summed E-state index contributed by atoms with van der Waals surface area (Å²) in [5, 5.41) is 13.0. The van der Waals surface area contributed by atoms with E-state index >= 15 is 0 Å². The van der Waals surface area contributed by atoms with Crippen molar-refractivity contribution < 1.29 is 9.26 Å². The summed E-state index contributed by atoms with van der Waals surface area (Å²) in [6.07, 6.45) is 1.06. The third kappa shape index (κ3) is 3.11. The van der Waals surface area contributed by atoms with E-state index in [0.717, 1.165) is 17.5 Å². The third-order valence-corrected chi connectivity index (χ3v) is 3.55. The minimum atomic E-state index is -0.555. The van der Waals surface area contributed by atoms with Gasteiger partial charge >= 0.3 is 0 Å². The van der Waals surface area contributed by atoms with Crippen molar-refractivity contribution in [3.8, 4) is 17.5 Å². The van der Waals surface area contributed by atoms with Crippen molar-refractivity contribution in [2.45, 2.75) is 39.2 Å². The van der Waals surface area contributed by atoms with Gasteiger partial charge in [-0.15, -0.1) is 0 Å². The van der Waals surface area contributed by atoms with Crippen molar-refractivity contribution in [3.63, 3.8) is 0 Å². The number of ether oxygens (including phenoxy) is 1. The van der Waals surface area contributed by atoms with Crippen LogP contribution in [0.25, 0.3) is 11.5 Å². The molecule has 0 N–H and O–H groups in total. The van der Waals surface area contributed by atoms with Gasteiger partial charge in [0.1, 0.15) is 5.60 Å². The highest BCUT2D eigenvalue weighted by atomic mass is 16.5. The van der Waals surface area contributed by atoms with Crippen molar-refractivity contribution in [1.82, 2.24) is 10.1 Å². The molecule has 0 saturated carbocycles. The Labute approximate surface area is 124 Å². The summed E-state index contributed by atoms with van der Waals surface area (Å²) >= 11 is 0. The van der Waals surface area contributed by atoms with E-state index in [2.05, 4.69) is 16.2 Å². The second kappa shape index (κ2) is 6.51. The van der Waals surface area contributed by atoms with Crippen LogP contribution in [-0.2, 0) is 16.8 Å². The quantitative estimate of drug-likeness (QED) is 0.812. The average Bonchev–Trinajstić information content (AvgIpc) is 2.99. The van der Waals surface area contributed by atoms with Crippen LogP contribution in [-0.4, -0.2) is 16.7 Å². The molecule has 21 heavy (non-hydrogen) atoms. The molecule has 0 saturated heterocycles. The number of hydrogen-bond acceptors (Lipinski definition) is 5. The Morgan fingerprint density at radius 3 is 2.76 bits per heavy atom. The zero-order valence-electron chi connectivity index (χ0n) is 12.6. The van der Waals surface area contributed by atoms with Crippen LogP contribution in [0, 0.1) is 11.3 Å². The summed E-state index contributed by atoms with van der Waals surface area (Å²) in [5.41, 5.74) is 1.12. The molecule has 110 valence electrons. The maximum atomic E-state index is 8.90. The lowest BCUT2D eigenvalue weighted by molar-refractivity contribution is -0.0403. The second-order valence-electron chi connectivity index (χ2n) is 4.93. The van der Waals surface area contributed by atoms with Crippen LogP contribution in [0.1, 0.15) is 38.6 Å². The molecule has 0 radical (unpaired) electrons. The molecule has 1 heterocycles. The fourth-order valence-electron chi connectivity index (χ4n) is 2.16. The molecule has 0 aliphatic carbocycles. The second-order valence-corrected chi connectivity index (χ2v) is 4.93. The number of nitriles is 1. The average molecular weight is 285 g/mol. The topological polar surface area (TPSA) is 71.9 Å². The molecule has 2 aromatic rings. The molecule has 1 unspecified atom stereocenters. The van der Waals surface area contributed by atoms with E-state index < -0.39 is 5.60 Å². The largest absolute Gasteiger partial charge is 0.367 e. The maximum absolute atomic E-state index is 8.90. The lowest BCUT2D eigenvalue weighted by atomic mass is 10.0. The summed E-state index contributed by atoms with van der Waals surface area (Å²) < 4.78 is 11.1. The lowest BCUT2D eigenvalue weighted by Crippen LogP contribution is -2.26. The minimum absolute atomic E-state index is 0.310. The molecule has 0 bridgehead atoms. The molecule has 1 atom stereocenters. The standard InChI is InChI=1S/C16H19N3O2/c1-4-16(3,20-5-2)15-18-14(21-19-15)13-9-7-6-8-12(13)10-11-17/h6-9H,4-5,10H2,1-3H3. The summed E-state index contributed by atoms with van der Waals surface area (Å²) in [7, 11) is 0. The Morgan fingerprint density at radius 2 is 2.10 bits per heavy atom. The molecular formula is C16H19N3O2. The summed E-state index contributed by atoms with van der Waals surface area (Å²) in [4.78, 5) is 4.47. The zero-order valence-corrected chi connectivity index (χ0v) is 12.6. The molecule has 5 nitrogen and oxygen atoms in total. The summed E-state index contributed by atoms with van der Waals surface area (Å²) in [5.74, 6) is 0.962. The molecule has 0 aliphatic rings. The SMILES string of the molecule is CCOC(C)(CC)c1noc(-c2ccccc2CC#N)n1. The number of aromatic nitrogens is 2. The van der Waals surface area contributed by atoms with Gasteiger partial charge in [-0.05, 0) is 31.9 Å². The van der Waals surface area contributed by atoms with Gasteiger partial charge < -0.3 is 9.26 Å². The molecular weight excluding hydrogens is 266 g/mol. The van der Waals surface area contributed by atoms with Gasteiger partial charge in [-0.2, -0.15) is 10.2 Å². The first-order chi connectivity index (χ1) is 10.1. The Balaban J connectivity index is 2.39. The molecule has 0 amide bonds. The molecule has 5 heteroatoms. The van der Waals surface area contributed by atoms with E-state index in [1.54, 1.807) is 0 Å². The summed E-state index contributed by atoms with van der Waals surface area (Å²) in [6, 6.07) is 9.71. The summed E-state index contributed by atoms with van der Waals surface area (Å²) in [6.45, 7) is 6.50. The van der Waals surface area contributed by atoms with E-state index in [1.165, 1.54) is 0 Å². The van der Waals surface area contributed by atoms with E-state index in [0.29, 0.717) is 24.7 Å². The molecule has 1 aromatic carbocycles. The highest BCUT2D eigenvalue weighted by Gasteiger charge is 2.31. The van der Waals surface area contributed by atoms with E-state index in [9.17, 15) is 0 Å². The highest BCUT2D eigenvalue weighted by Crippen LogP contribution is 2.29. The van der Waals surface area contributed by atoms with Crippen LogP contribution in [0.2, 0.25) is 0 Å². The Hall–Kier alpha value is -2.19. The van der Waals surface area contributed by atoms with E-state index in [4.69, 9.17) is 14.5 Å². The smallest absolute Gasteiger partial charge is 0.258 e. The van der Waals surface area contributed by atoms with Gasteiger partial charge in [-0.3, -0.25) is 0 Å². The number of nitrogens with zero attached hydrogens (tertiary/aromatic N) is 3. The third-order valence-electron chi connectivity index (χ3n) is 3.55. The van der Waals surface area contributed by atoms with Gasteiger partial charge in [0, 0.05) is 12.2 Å². The maximum Gasteiger partial charge on any atom is 0.258 e. The van der Waals surface area contributed by atoms with Crippen LogP contribution in [0.4, 0.5) is 0 Å². The van der Waals surface area contributed by atoms with Gasteiger partial charge in [0.15, 0.2) is 0 Å². The lowest BCUT2D eigenvalue weighted by Gasteiger charge is -2.23. The highest BCUT2D eigenvalue weighted by molar-refractivity contribution is 5.59. The molecule has 1 aromatic heterocycles. The first-order valence-electron chi connectivity index (χ1n) is 7.08. The van der Waals surface area contributed by atoms with E-state index in [1.807, 2.05) is 45.0 Å². The predicted molar refractivity (Wildman–Crippen MR) is 78.3 cm³/mol. The minimum Gasteiger partial charge on any atom is -0.367 e. The Kier molecular flexibility index (Phi) is 4.71. The van der Waals surface area contributed by atoms with Gasteiger partial charge in [-0.1, -0.05) is 30.3 Å². The predicted octanol–water partition coefficient (Wildman–Crippen LogP) is 3.46. The molecule has 0 spiro atoms. The number of benzene rings is 1. The van der Waals surface area contributed by atoms with Crippen molar-refractivity contribution in [3.05, 3.63) is 35.7 Å². The number of rotatable bonds is 6. The first kappa shape index (κ1) is 15.2.